The highest BCUT2D eigenvalue weighted by Crippen LogP contribution is 2.27. The van der Waals surface area contributed by atoms with Gasteiger partial charge in [0.15, 0.2) is 5.65 Å². The zero-order valence-corrected chi connectivity index (χ0v) is 16.2. The third-order valence-electron chi connectivity index (χ3n) is 4.69. The standard InChI is InChI=1S/C22H18N4O4/c1-2-30-22-18(12-15-6-4-3-5-7-15)21(27)24-20-19(13-23-14-25(20)22)16-8-10-17(11-9-16)26(28)29/h3-11,13-14H,2,12H2,1H3. The smallest absolute Gasteiger partial charge is 0.280 e. The topological polar surface area (TPSA) is 99.6 Å². The van der Waals surface area contributed by atoms with Gasteiger partial charge in [0.2, 0.25) is 5.88 Å². The van der Waals surface area contributed by atoms with Crippen molar-refractivity contribution < 1.29 is 9.66 Å². The minimum absolute atomic E-state index is 0.0165. The highest BCUT2D eigenvalue weighted by molar-refractivity contribution is 5.77. The van der Waals surface area contributed by atoms with E-state index in [-0.39, 0.29) is 11.2 Å². The summed E-state index contributed by atoms with van der Waals surface area (Å²) >= 11 is 0. The van der Waals surface area contributed by atoms with Gasteiger partial charge in [0.25, 0.3) is 11.2 Å². The monoisotopic (exact) mass is 402 g/mol. The van der Waals surface area contributed by atoms with Crippen molar-refractivity contribution in [3.8, 4) is 17.0 Å². The molecule has 0 saturated carbocycles. The number of benzene rings is 2. The number of nitro groups is 1. The highest BCUT2D eigenvalue weighted by atomic mass is 16.6. The number of nitro benzene ring substituents is 1. The Balaban J connectivity index is 1.89. The third kappa shape index (κ3) is 3.62. The first-order chi connectivity index (χ1) is 14.6. The van der Waals surface area contributed by atoms with E-state index in [4.69, 9.17) is 4.74 Å². The van der Waals surface area contributed by atoms with Gasteiger partial charge in [-0.15, -0.1) is 0 Å². The molecule has 2 aromatic heterocycles. The van der Waals surface area contributed by atoms with Crippen molar-refractivity contribution in [2.75, 3.05) is 6.61 Å². The van der Waals surface area contributed by atoms with E-state index in [1.165, 1.54) is 12.1 Å². The molecule has 30 heavy (non-hydrogen) atoms. The van der Waals surface area contributed by atoms with Crippen LogP contribution in [-0.4, -0.2) is 25.9 Å². The number of aromatic nitrogens is 3. The third-order valence-corrected chi connectivity index (χ3v) is 4.69. The van der Waals surface area contributed by atoms with Crippen LogP contribution in [0.3, 0.4) is 0 Å². The van der Waals surface area contributed by atoms with E-state index < -0.39 is 4.92 Å². The van der Waals surface area contributed by atoms with Crippen LogP contribution in [0.5, 0.6) is 5.88 Å². The molecule has 0 amide bonds. The maximum Gasteiger partial charge on any atom is 0.280 e. The van der Waals surface area contributed by atoms with Crippen LogP contribution < -0.4 is 10.3 Å². The molecule has 150 valence electrons. The molecule has 2 heterocycles. The Labute approximate surface area is 171 Å². The molecule has 4 rings (SSSR count). The maximum atomic E-state index is 12.9. The molecule has 0 spiro atoms. The summed E-state index contributed by atoms with van der Waals surface area (Å²) in [5.74, 6) is 0.396. The Morgan fingerprint density at radius 1 is 1.10 bits per heavy atom. The van der Waals surface area contributed by atoms with E-state index in [1.807, 2.05) is 37.3 Å². The van der Waals surface area contributed by atoms with Crippen LogP contribution in [-0.2, 0) is 6.42 Å². The van der Waals surface area contributed by atoms with E-state index in [0.717, 1.165) is 5.56 Å². The molecule has 0 saturated heterocycles. The van der Waals surface area contributed by atoms with Crippen LogP contribution in [0.25, 0.3) is 16.8 Å². The number of fused-ring (bicyclic) bond motifs is 1. The second-order valence-electron chi connectivity index (χ2n) is 6.60. The maximum absolute atomic E-state index is 12.9. The van der Waals surface area contributed by atoms with Crippen LogP contribution in [0.1, 0.15) is 18.1 Å². The summed E-state index contributed by atoms with van der Waals surface area (Å²) in [6, 6.07) is 15.7. The summed E-state index contributed by atoms with van der Waals surface area (Å²) < 4.78 is 7.49. The molecule has 8 heteroatoms. The lowest BCUT2D eigenvalue weighted by molar-refractivity contribution is -0.384. The molecule has 0 atom stereocenters. The van der Waals surface area contributed by atoms with Gasteiger partial charge in [-0.05, 0) is 30.2 Å². The average Bonchev–Trinajstić information content (AvgIpc) is 2.76. The van der Waals surface area contributed by atoms with Gasteiger partial charge in [0.1, 0.15) is 6.33 Å². The van der Waals surface area contributed by atoms with Crippen molar-refractivity contribution in [3.05, 3.63) is 98.7 Å². The molecule has 0 unspecified atom stereocenters. The fourth-order valence-corrected chi connectivity index (χ4v) is 3.29. The number of hydrogen-bond donors (Lipinski definition) is 0. The largest absolute Gasteiger partial charge is 0.478 e. The van der Waals surface area contributed by atoms with Gasteiger partial charge in [-0.1, -0.05) is 30.3 Å². The van der Waals surface area contributed by atoms with E-state index >= 15 is 0 Å². The second-order valence-corrected chi connectivity index (χ2v) is 6.60. The minimum atomic E-state index is -0.461. The van der Waals surface area contributed by atoms with Crippen molar-refractivity contribution >= 4 is 11.3 Å². The summed E-state index contributed by atoms with van der Waals surface area (Å²) in [5.41, 5.74) is 2.64. The molecule has 0 radical (unpaired) electrons. The van der Waals surface area contributed by atoms with E-state index in [9.17, 15) is 14.9 Å². The van der Waals surface area contributed by atoms with Crippen molar-refractivity contribution in [3.63, 3.8) is 0 Å². The van der Waals surface area contributed by atoms with Crippen LogP contribution in [0.2, 0.25) is 0 Å². The van der Waals surface area contributed by atoms with Gasteiger partial charge in [0.05, 0.1) is 17.1 Å². The molecular formula is C22H18N4O4. The molecule has 0 fully saturated rings. The van der Waals surface area contributed by atoms with E-state index in [2.05, 4.69) is 9.97 Å². The van der Waals surface area contributed by atoms with Gasteiger partial charge < -0.3 is 4.74 Å². The van der Waals surface area contributed by atoms with Gasteiger partial charge in [-0.25, -0.2) is 4.98 Å². The number of ether oxygens (including phenoxy) is 1. The number of hydrogen-bond acceptors (Lipinski definition) is 6. The predicted octanol–water partition coefficient (Wildman–Crippen LogP) is 3.65. The summed E-state index contributed by atoms with van der Waals surface area (Å²) in [5, 5.41) is 10.9. The number of non-ortho nitro benzene ring substituents is 1. The van der Waals surface area contributed by atoms with Crippen LogP contribution >= 0.6 is 0 Å². The fraction of sp³-hybridized carbons (Fsp3) is 0.136. The molecule has 0 aliphatic heterocycles. The Morgan fingerprint density at radius 2 is 1.83 bits per heavy atom. The molecule has 0 N–H and O–H groups in total. The molecule has 8 nitrogen and oxygen atoms in total. The lowest BCUT2D eigenvalue weighted by Gasteiger charge is -2.15. The van der Waals surface area contributed by atoms with Crippen LogP contribution in [0.4, 0.5) is 5.69 Å². The zero-order chi connectivity index (χ0) is 21.1. The minimum Gasteiger partial charge on any atom is -0.478 e. The molecule has 0 aliphatic carbocycles. The quantitative estimate of drug-likeness (QED) is 0.360. The van der Waals surface area contributed by atoms with Gasteiger partial charge in [-0.3, -0.25) is 19.3 Å². The Hall–Kier alpha value is -4.07. The van der Waals surface area contributed by atoms with E-state index in [0.29, 0.717) is 41.2 Å². The predicted molar refractivity (Wildman–Crippen MR) is 112 cm³/mol. The summed E-state index contributed by atoms with van der Waals surface area (Å²) in [7, 11) is 0. The molecule has 0 bridgehead atoms. The Bertz CT molecular complexity index is 1270. The molecule has 0 aliphatic rings. The summed E-state index contributed by atoms with van der Waals surface area (Å²) in [6.07, 6.45) is 3.51. The van der Waals surface area contributed by atoms with Gasteiger partial charge in [0, 0.05) is 30.3 Å². The number of rotatable bonds is 6. The number of nitrogens with zero attached hydrogens (tertiary/aromatic N) is 4. The van der Waals surface area contributed by atoms with Gasteiger partial charge >= 0.3 is 0 Å². The SMILES string of the molecule is CCOc1c(Cc2ccccc2)c(=O)nc2c(-c3ccc([N+](=O)[O-])cc3)cncn12. The average molecular weight is 402 g/mol. The normalized spacial score (nSPS) is 10.8. The van der Waals surface area contributed by atoms with Crippen molar-refractivity contribution in [1.29, 1.82) is 0 Å². The highest BCUT2D eigenvalue weighted by Gasteiger charge is 2.18. The fourth-order valence-electron chi connectivity index (χ4n) is 3.29. The molecule has 2 aromatic carbocycles. The van der Waals surface area contributed by atoms with Crippen LogP contribution in [0, 0.1) is 10.1 Å². The van der Waals surface area contributed by atoms with Crippen molar-refractivity contribution in [1.82, 2.24) is 14.4 Å². The Kier molecular flexibility index (Phi) is 5.21. The summed E-state index contributed by atoms with van der Waals surface area (Å²) in [6.45, 7) is 2.21. The zero-order valence-electron chi connectivity index (χ0n) is 16.2. The first-order valence-corrected chi connectivity index (χ1v) is 9.39. The first kappa shape index (κ1) is 19.3. The lowest BCUT2D eigenvalue weighted by Crippen LogP contribution is -2.20. The van der Waals surface area contributed by atoms with Crippen LogP contribution in [0.15, 0.2) is 71.9 Å². The van der Waals surface area contributed by atoms with Crippen molar-refractivity contribution in [2.24, 2.45) is 0 Å². The molecular weight excluding hydrogens is 384 g/mol. The summed E-state index contributed by atoms with van der Waals surface area (Å²) in [4.78, 5) is 32.0. The first-order valence-electron chi connectivity index (χ1n) is 9.39. The van der Waals surface area contributed by atoms with Gasteiger partial charge in [-0.2, -0.15) is 4.98 Å². The van der Waals surface area contributed by atoms with E-state index in [1.54, 1.807) is 29.1 Å². The molecule has 4 aromatic rings. The van der Waals surface area contributed by atoms with Crippen molar-refractivity contribution in [2.45, 2.75) is 13.3 Å². The lowest BCUT2D eigenvalue weighted by atomic mass is 10.1. The second kappa shape index (κ2) is 8.12. The Morgan fingerprint density at radius 3 is 2.50 bits per heavy atom.